The van der Waals surface area contributed by atoms with Crippen LogP contribution in [0, 0.1) is 6.92 Å². The van der Waals surface area contributed by atoms with E-state index in [4.69, 9.17) is 11.6 Å². The second-order valence-electron chi connectivity index (χ2n) is 3.85. The van der Waals surface area contributed by atoms with Crippen LogP contribution >= 0.6 is 11.6 Å². The molecule has 0 aliphatic rings. The highest BCUT2D eigenvalue weighted by Gasteiger charge is 2.34. The second kappa shape index (κ2) is 4.65. The SMILES string of the molecule is Cc1c(C(F)(F)F)cnn1-c1ccc(CCl)cc1. The van der Waals surface area contributed by atoms with E-state index in [1.165, 1.54) is 11.6 Å². The summed E-state index contributed by atoms with van der Waals surface area (Å²) in [5.74, 6) is 0.367. The van der Waals surface area contributed by atoms with Crippen molar-refractivity contribution in [1.82, 2.24) is 9.78 Å². The molecule has 0 atom stereocenters. The van der Waals surface area contributed by atoms with Gasteiger partial charge in [0.2, 0.25) is 0 Å². The van der Waals surface area contributed by atoms with Crippen LogP contribution in [-0.2, 0) is 12.1 Å². The fourth-order valence-electron chi connectivity index (χ4n) is 1.67. The standard InChI is InChI=1S/C12H10ClF3N2/c1-8-11(12(14,15)16)7-17-18(8)10-4-2-9(6-13)3-5-10/h2-5,7H,6H2,1H3. The Morgan fingerprint density at radius 3 is 2.28 bits per heavy atom. The van der Waals surface area contributed by atoms with Gasteiger partial charge in [0.15, 0.2) is 0 Å². The predicted octanol–water partition coefficient (Wildman–Crippen LogP) is 3.94. The van der Waals surface area contributed by atoms with Crippen molar-refractivity contribution in [2.24, 2.45) is 0 Å². The van der Waals surface area contributed by atoms with Crippen LogP contribution in [0.1, 0.15) is 16.8 Å². The number of halogens is 4. The van der Waals surface area contributed by atoms with Gasteiger partial charge in [-0.25, -0.2) is 4.68 Å². The van der Waals surface area contributed by atoms with Gasteiger partial charge in [0.1, 0.15) is 0 Å². The Bertz CT molecular complexity index is 543. The maximum absolute atomic E-state index is 12.6. The van der Waals surface area contributed by atoms with Crippen molar-refractivity contribution in [2.45, 2.75) is 19.0 Å². The summed E-state index contributed by atoms with van der Waals surface area (Å²) in [6.45, 7) is 1.39. The lowest BCUT2D eigenvalue weighted by Crippen LogP contribution is -2.07. The number of alkyl halides is 4. The molecule has 0 radical (unpaired) electrons. The van der Waals surface area contributed by atoms with E-state index < -0.39 is 11.7 Å². The Hall–Kier alpha value is -1.49. The zero-order chi connectivity index (χ0) is 13.3. The summed E-state index contributed by atoms with van der Waals surface area (Å²) in [6.07, 6.45) is -3.54. The van der Waals surface area contributed by atoms with E-state index in [-0.39, 0.29) is 5.69 Å². The summed E-state index contributed by atoms with van der Waals surface area (Å²) in [5, 5.41) is 3.77. The average molecular weight is 275 g/mol. The van der Waals surface area contributed by atoms with Gasteiger partial charge in [0.25, 0.3) is 0 Å². The van der Waals surface area contributed by atoms with Crippen molar-refractivity contribution < 1.29 is 13.2 Å². The van der Waals surface area contributed by atoms with Gasteiger partial charge in [0, 0.05) is 5.88 Å². The molecule has 0 aliphatic carbocycles. The number of benzene rings is 1. The molecule has 0 fully saturated rings. The van der Waals surface area contributed by atoms with Crippen molar-refractivity contribution in [2.75, 3.05) is 0 Å². The Labute approximate surface area is 107 Å². The highest BCUT2D eigenvalue weighted by molar-refractivity contribution is 6.17. The van der Waals surface area contributed by atoms with Crippen LogP contribution in [0.2, 0.25) is 0 Å². The van der Waals surface area contributed by atoms with E-state index in [0.717, 1.165) is 11.8 Å². The highest BCUT2D eigenvalue weighted by Crippen LogP contribution is 2.32. The lowest BCUT2D eigenvalue weighted by molar-refractivity contribution is -0.138. The van der Waals surface area contributed by atoms with Gasteiger partial charge in [0.05, 0.1) is 23.1 Å². The molecule has 96 valence electrons. The number of hydrogen-bond acceptors (Lipinski definition) is 1. The molecule has 0 amide bonds. The number of hydrogen-bond donors (Lipinski definition) is 0. The molecule has 0 saturated carbocycles. The van der Waals surface area contributed by atoms with Gasteiger partial charge in [-0.3, -0.25) is 0 Å². The Morgan fingerprint density at radius 2 is 1.83 bits per heavy atom. The number of aromatic nitrogens is 2. The normalized spacial score (nSPS) is 11.8. The van der Waals surface area contributed by atoms with E-state index in [9.17, 15) is 13.2 Å². The molecule has 0 spiro atoms. The first-order valence-electron chi connectivity index (χ1n) is 5.20. The van der Waals surface area contributed by atoms with Crippen LogP contribution in [0.5, 0.6) is 0 Å². The van der Waals surface area contributed by atoms with E-state index in [1.807, 2.05) is 0 Å². The first kappa shape index (κ1) is 13.0. The minimum absolute atomic E-state index is 0.0705. The average Bonchev–Trinajstić information content (AvgIpc) is 2.71. The molecule has 0 bridgehead atoms. The molecule has 18 heavy (non-hydrogen) atoms. The minimum Gasteiger partial charge on any atom is -0.237 e. The zero-order valence-corrected chi connectivity index (χ0v) is 10.3. The lowest BCUT2D eigenvalue weighted by atomic mass is 10.2. The van der Waals surface area contributed by atoms with E-state index in [2.05, 4.69) is 5.10 Å². The highest BCUT2D eigenvalue weighted by atomic mass is 35.5. The van der Waals surface area contributed by atoms with Crippen LogP contribution in [0.3, 0.4) is 0 Å². The molecule has 2 aromatic rings. The first-order valence-corrected chi connectivity index (χ1v) is 5.74. The zero-order valence-electron chi connectivity index (χ0n) is 9.50. The third-order valence-electron chi connectivity index (χ3n) is 2.65. The van der Waals surface area contributed by atoms with Gasteiger partial charge >= 0.3 is 6.18 Å². The fraction of sp³-hybridized carbons (Fsp3) is 0.250. The topological polar surface area (TPSA) is 17.8 Å². The minimum atomic E-state index is -4.38. The summed E-state index contributed by atoms with van der Waals surface area (Å²) < 4.78 is 39.1. The Kier molecular flexibility index (Phi) is 3.34. The molecule has 1 aromatic carbocycles. The van der Waals surface area contributed by atoms with Crippen LogP contribution in [-0.4, -0.2) is 9.78 Å². The molecule has 2 rings (SSSR count). The van der Waals surface area contributed by atoms with Gasteiger partial charge in [-0.05, 0) is 24.6 Å². The largest absolute Gasteiger partial charge is 0.419 e. The molecule has 1 heterocycles. The van der Waals surface area contributed by atoms with Crippen molar-refractivity contribution in [3.8, 4) is 5.69 Å². The van der Waals surface area contributed by atoms with Gasteiger partial charge in [-0.2, -0.15) is 18.3 Å². The molecule has 2 nitrogen and oxygen atoms in total. The Balaban J connectivity index is 2.42. The van der Waals surface area contributed by atoms with E-state index in [0.29, 0.717) is 11.6 Å². The smallest absolute Gasteiger partial charge is 0.237 e. The summed E-state index contributed by atoms with van der Waals surface area (Å²) in [7, 11) is 0. The van der Waals surface area contributed by atoms with Gasteiger partial charge in [-0.15, -0.1) is 11.6 Å². The summed E-state index contributed by atoms with van der Waals surface area (Å²) in [6, 6.07) is 6.91. The van der Waals surface area contributed by atoms with Crippen LogP contribution in [0.4, 0.5) is 13.2 Å². The quantitative estimate of drug-likeness (QED) is 0.759. The van der Waals surface area contributed by atoms with Crippen molar-refractivity contribution >= 4 is 11.6 Å². The fourth-order valence-corrected chi connectivity index (χ4v) is 1.85. The van der Waals surface area contributed by atoms with Crippen LogP contribution in [0.25, 0.3) is 5.69 Å². The molecule has 0 saturated heterocycles. The lowest BCUT2D eigenvalue weighted by Gasteiger charge is -2.08. The van der Waals surface area contributed by atoms with E-state index >= 15 is 0 Å². The maximum Gasteiger partial charge on any atom is 0.419 e. The summed E-state index contributed by atoms with van der Waals surface area (Å²) >= 11 is 5.65. The number of nitrogens with zero attached hydrogens (tertiary/aromatic N) is 2. The molecule has 6 heteroatoms. The third kappa shape index (κ3) is 2.36. The molecule has 0 N–H and O–H groups in total. The van der Waals surface area contributed by atoms with Crippen molar-refractivity contribution in [3.05, 3.63) is 47.3 Å². The molecule has 0 aliphatic heterocycles. The van der Waals surface area contributed by atoms with E-state index in [1.54, 1.807) is 24.3 Å². The molecular formula is C12H10ClF3N2. The van der Waals surface area contributed by atoms with Crippen molar-refractivity contribution in [1.29, 1.82) is 0 Å². The first-order chi connectivity index (χ1) is 8.43. The van der Waals surface area contributed by atoms with Gasteiger partial charge in [-0.1, -0.05) is 12.1 Å². The van der Waals surface area contributed by atoms with Crippen LogP contribution < -0.4 is 0 Å². The van der Waals surface area contributed by atoms with Crippen LogP contribution in [0.15, 0.2) is 30.5 Å². The maximum atomic E-state index is 12.6. The number of rotatable bonds is 2. The third-order valence-corrected chi connectivity index (χ3v) is 2.96. The monoisotopic (exact) mass is 274 g/mol. The van der Waals surface area contributed by atoms with Crippen molar-refractivity contribution in [3.63, 3.8) is 0 Å². The predicted molar refractivity (Wildman–Crippen MR) is 62.9 cm³/mol. The van der Waals surface area contributed by atoms with Gasteiger partial charge < -0.3 is 0 Å². The summed E-state index contributed by atoms with van der Waals surface area (Å²) in [4.78, 5) is 0. The molecule has 0 unspecified atom stereocenters. The summed E-state index contributed by atoms with van der Waals surface area (Å²) in [5.41, 5.74) is 0.836. The molecular weight excluding hydrogens is 265 g/mol. The molecule has 1 aromatic heterocycles. The Morgan fingerprint density at radius 1 is 1.22 bits per heavy atom. The second-order valence-corrected chi connectivity index (χ2v) is 4.12.